The van der Waals surface area contributed by atoms with Crippen LogP contribution in [0.3, 0.4) is 0 Å². The van der Waals surface area contributed by atoms with Crippen LogP contribution in [-0.4, -0.2) is 14.6 Å². The van der Waals surface area contributed by atoms with Crippen LogP contribution in [0.2, 0.25) is 0 Å². The molecule has 23 heavy (non-hydrogen) atoms. The number of thiol groups is 1. The van der Waals surface area contributed by atoms with Gasteiger partial charge in [0.15, 0.2) is 5.65 Å². The number of rotatable bonds is 3. The Bertz CT molecular complexity index is 946. The summed E-state index contributed by atoms with van der Waals surface area (Å²) in [4.78, 5) is 4.63. The van der Waals surface area contributed by atoms with Gasteiger partial charge >= 0.3 is 0 Å². The van der Waals surface area contributed by atoms with E-state index in [0.29, 0.717) is 0 Å². The third kappa shape index (κ3) is 2.62. The maximum atomic E-state index is 4.68. The zero-order valence-electron chi connectivity index (χ0n) is 12.4. The summed E-state index contributed by atoms with van der Waals surface area (Å²) in [7, 11) is 0. The first-order chi connectivity index (χ1) is 11.3. The SMILES string of the molecule is Sc1c(Cc2ccccc2)cnc2c(-c3ccccc3)cnn12. The van der Waals surface area contributed by atoms with Crippen LogP contribution >= 0.6 is 12.6 Å². The summed E-state index contributed by atoms with van der Waals surface area (Å²) in [5.41, 5.74) is 5.26. The molecule has 0 amide bonds. The average Bonchev–Trinajstić information content (AvgIpc) is 3.04. The average molecular weight is 317 g/mol. The van der Waals surface area contributed by atoms with Crippen molar-refractivity contribution in [2.45, 2.75) is 11.4 Å². The summed E-state index contributed by atoms with van der Waals surface area (Å²) in [6.45, 7) is 0. The van der Waals surface area contributed by atoms with Gasteiger partial charge in [0.05, 0.1) is 6.20 Å². The van der Waals surface area contributed by atoms with Crippen LogP contribution in [0.25, 0.3) is 16.8 Å². The maximum Gasteiger partial charge on any atom is 0.164 e. The summed E-state index contributed by atoms with van der Waals surface area (Å²) in [5.74, 6) is 0. The fraction of sp³-hybridized carbons (Fsp3) is 0.0526. The molecule has 4 heteroatoms. The highest BCUT2D eigenvalue weighted by atomic mass is 32.1. The van der Waals surface area contributed by atoms with Gasteiger partial charge in [-0.2, -0.15) is 5.10 Å². The van der Waals surface area contributed by atoms with E-state index in [-0.39, 0.29) is 0 Å². The van der Waals surface area contributed by atoms with E-state index in [2.05, 4.69) is 47.0 Å². The second-order valence-electron chi connectivity index (χ2n) is 5.43. The van der Waals surface area contributed by atoms with Gasteiger partial charge in [0.25, 0.3) is 0 Å². The van der Waals surface area contributed by atoms with Crippen molar-refractivity contribution in [1.29, 1.82) is 0 Å². The third-order valence-electron chi connectivity index (χ3n) is 3.90. The van der Waals surface area contributed by atoms with Gasteiger partial charge in [-0.1, -0.05) is 60.7 Å². The van der Waals surface area contributed by atoms with Crippen molar-refractivity contribution < 1.29 is 0 Å². The molecule has 3 nitrogen and oxygen atoms in total. The first-order valence-corrected chi connectivity index (χ1v) is 7.91. The number of benzene rings is 2. The maximum absolute atomic E-state index is 4.68. The first-order valence-electron chi connectivity index (χ1n) is 7.47. The van der Waals surface area contributed by atoms with Crippen molar-refractivity contribution in [2.75, 3.05) is 0 Å². The van der Waals surface area contributed by atoms with Gasteiger partial charge in [-0.15, -0.1) is 12.6 Å². The van der Waals surface area contributed by atoms with E-state index in [1.807, 2.05) is 53.3 Å². The minimum absolute atomic E-state index is 0.795. The van der Waals surface area contributed by atoms with E-state index < -0.39 is 0 Å². The molecule has 0 aliphatic carbocycles. The molecular weight excluding hydrogens is 302 g/mol. The molecule has 2 aromatic heterocycles. The Kier molecular flexibility index (Phi) is 3.60. The lowest BCUT2D eigenvalue weighted by Gasteiger charge is -2.07. The predicted octanol–water partition coefficient (Wildman–Crippen LogP) is 4.28. The highest BCUT2D eigenvalue weighted by Gasteiger charge is 2.12. The van der Waals surface area contributed by atoms with E-state index in [9.17, 15) is 0 Å². The van der Waals surface area contributed by atoms with Crippen molar-refractivity contribution in [3.05, 3.63) is 84.2 Å². The number of hydrogen-bond acceptors (Lipinski definition) is 3. The van der Waals surface area contributed by atoms with Crippen molar-refractivity contribution in [1.82, 2.24) is 14.6 Å². The molecule has 0 atom stereocenters. The molecule has 0 saturated carbocycles. The molecule has 0 aliphatic rings. The van der Waals surface area contributed by atoms with Crippen molar-refractivity contribution in [2.24, 2.45) is 0 Å². The lowest BCUT2D eigenvalue weighted by molar-refractivity contribution is 0.817. The molecule has 0 saturated heterocycles. The summed E-state index contributed by atoms with van der Waals surface area (Å²) in [5, 5.41) is 5.31. The normalized spacial score (nSPS) is 11.0. The zero-order valence-corrected chi connectivity index (χ0v) is 13.3. The van der Waals surface area contributed by atoms with Crippen molar-refractivity contribution in [3.63, 3.8) is 0 Å². The molecule has 4 aromatic rings. The molecular formula is C19H15N3S. The second kappa shape index (κ2) is 5.89. The Morgan fingerprint density at radius 2 is 1.57 bits per heavy atom. The minimum Gasteiger partial charge on any atom is -0.236 e. The standard InChI is InChI=1S/C19H15N3S/c23-19-16(11-14-7-3-1-4-8-14)12-20-18-17(13-21-22(18)19)15-9-5-2-6-10-15/h1-10,12-13,23H,11H2. The molecule has 0 radical (unpaired) electrons. The highest BCUT2D eigenvalue weighted by Crippen LogP contribution is 2.26. The van der Waals surface area contributed by atoms with Gasteiger partial charge in [0.1, 0.15) is 5.03 Å². The van der Waals surface area contributed by atoms with Crippen LogP contribution in [0.1, 0.15) is 11.1 Å². The monoisotopic (exact) mass is 317 g/mol. The largest absolute Gasteiger partial charge is 0.236 e. The van der Waals surface area contributed by atoms with E-state index in [4.69, 9.17) is 0 Å². The van der Waals surface area contributed by atoms with Crippen LogP contribution in [0.15, 0.2) is 78.1 Å². The smallest absolute Gasteiger partial charge is 0.164 e. The molecule has 2 aromatic carbocycles. The second-order valence-corrected chi connectivity index (χ2v) is 5.85. The summed E-state index contributed by atoms with van der Waals surface area (Å²) >= 11 is 4.68. The topological polar surface area (TPSA) is 30.2 Å². The van der Waals surface area contributed by atoms with Gasteiger partial charge < -0.3 is 0 Å². The minimum atomic E-state index is 0.795. The van der Waals surface area contributed by atoms with Gasteiger partial charge in [-0.3, -0.25) is 0 Å². The summed E-state index contributed by atoms with van der Waals surface area (Å²) in [6.07, 6.45) is 4.55. The number of nitrogens with zero attached hydrogens (tertiary/aromatic N) is 3. The number of fused-ring (bicyclic) bond motifs is 1. The zero-order chi connectivity index (χ0) is 15.6. The van der Waals surface area contributed by atoms with E-state index in [0.717, 1.165) is 33.8 Å². The van der Waals surface area contributed by atoms with Crippen LogP contribution in [0.5, 0.6) is 0 Å². The number of hydrogen-bond donors (Lipinski definition) is 1. The molecule has 0 aliphatic heterocycles. The first kappa shape index (κ1) is 14.0. The van der Waals surface area contributed by atoms with E-state index in [1.54, 1.807) is 0 Å². The van der Waals surface area contributed by atoms with Crippen LogP contribution in [0, 0.1) is 0 Å². The van der Waals surface area contributed by atoms with Gasteiger partial charge in [-0.05, 0) is 11.1 Å². The summed E-state index contributed by atoms with van der Waals surface area (Å²) < 4.78 is 1.81. The van der Waals surface area contributed by atoms with Crippen LogP contribution < -0.4 is 0 Å². The fourth-order valence-corrected chi connectivity index (χ4v) is 3.00. The lowest BCUT2D eigenvalue weighted by Crippen LogP contribution is -2.00. The van der Waals surface area contributed by atoms with Crippen LogP contribution in [0.4, 0.5) is 0 Å². The fourth-order valence-electron chi connectivity index (χ4n) is 2.72. The molecule has 0 unspecified atom stereocenters. The molecule has 0 fully saturated rings. The number of aromatic nitrogens is 3. The molecule has 2 heterocycles. The third-order valence-corrected chi connectivity index (χ3v) is 4.37. The van der Waals surface area contributed by atoms with Gasteiger partial charge in [0.2, 0.25) is 0 Å². The Morgan fingerprint density at radius 3 is 2.30 bits per heavy atom. The Morgan fingerprint density at radius 1 is 0.870 bits per heavy atom. The quantitative estimate of drug-likeness (QED) is 0.452. The molecule has 0 spiro atoms. The van der Waals surface area contributed by atoms with Crippen LogP contribution in [-0.2, 0) is 6.42 Å². The lowest BCUT2D eigenvalue weighted by atomic mass is 10.1. The van der Waals surface area contributed by atoms with E-state index in [1.165, 1.54) is 5.56 Å². The summed E-state index contributed by atoms with van der Waals surface area (Å²) in [6, 6.07) is 20.5. The molecule has 112 valence electrons. The Balaban J connectivity index is 1.78. The Labute approximate surface area is 140 Å². The highest BCUT2D eigenvalue weighted by molar-refractivity contribution is 7.80. The molecule has 0 bridgehead atoms. The molecule has 4 rings (SSSR count). The van der Waals surface area contributed by atoms with Gasteiger partial charge in [-0.25, -0.2) is 9.50 Å². The van der Waals surface area contributed by atoms with Crippen molar-refractivity contribution in [3.8, 4) is 11.1 Å². The Hall–Kier alpha value is -2.59. The van der Waals surface area contributed by atoms with E-state index >= 15 is 0 Å². The predicted molar refractivity (Wildman–Crippen MR) is 94.9 cm³/mol. The van der Waals surface area contributed by atoms with Crippen molar-refractivity contribution >= 4 is 18.3 Å². The van der Waals surface area contributed by atoms with Gasteiger partial charge in [0, 0.05) is 23.7 Å². The molecule has 0 N–H and O–H groups in total.